The van der Waals surface area contributed by atoms with Crippen molar-refractivity contribution in [1.29, 1.82) is 0 Å². The Balaban J connectivity index is 2.05. The number of hydrogen-bond acceptors (Lipinski definition) is 3. The molecular weight excluding hydrogens is 340 g/mol. The van der Waals surface area contributed by atoms with Crippen LogP contribution in [0, 0.1) is 6.57 Å². The van der Waals surface area contributed by atoms with Gasteiger partial charge in [0, 0.05) is 12.1 Å². The average molecular weight is 364 g/mol. The van der Waals surface area contributed by atoms with Crippen LogP contribution >= 0.6 is 0 Å². The van der Waals surface area contributed by atoms with Gasteiger partial charge in [-0.1, -0.05) is 36.4 Å². The van der Waals surface area contributed by atoms with Gasteiger partial charge in [0.15, 0.2) is 11.5 Å². The number of rotatable bonds is 5. The number of alkyl carbamates (subject to hydrolysis) is 1. The first-order valence-corrected chi connectivity index (χ1v) is 8.78. The Morgan fingerprint density at radius 3 is 2.33 bits per heavy atom. The van der Waals surface area contributed by atoms with E-state index in [9.17, 15) is 9.59 Å². The highest BCUT2D eigenvalue weighted by atomic mass is 16.6. The molecular formula is C22H24N2O3. The van der Waals surface area contributed by atoms with Gasteiger partial charge in [-0.05, 0) is 56.9 Å². The number of Topliss-reactive ketones (excluding diaryl/α,β-unsaturated/α-hetero) is 1. The quantitative estimate of drug-likeness (QED) is 0.588. The van der Waals surface area contributed by atoms with Crippen molar-refractivity contribution < 1.29 is 14.3 Å². The summed E-state index contributed by atoms with van der Waals surface area (Å²) in [5, 5.41) is 2.74. The minimum atomic E-state index is -0.511. The Morgan fingerprint density at radius 1 is 1.11 bits per heavy atom. The number of ketones is 1. The molecule has 0 saturated heterocycles. The highest BCUT2D eigenvalue weighted by Crippen LogP contribution is 2.28. The van der Waals surface area contributed by atoms with Crippen molar-refractivity contribution in [3.8, 4) is 11.1 Å². The molecule has 0 spiro atoms. The molecule has 0 unspecified atom stereocenters. The molecule has 140 valence electrons. The van der Waals surface area contributed by atoms with E-state index in [1.165, 1.54) is 6.92 Å². The van der Waals surface area contributed by atoms with E-state index in [4.69, 9.17) is 11.3 Å². The van der Waals surface area contributed by atoms with Crippen molar-refractivity contribution in [1.82, 2.24) is 5.32 Å². The fraction of sp³-hybridized carbons (Fsp3) is 0.318. The van der Waals surface area contributed by atoms with Gasteiger partial charge < -0.3 is 10.1 Å². The highest BCUT2D eigenvalue weighted by molar-refractivity contribution is 6.01. The maximum Gasteiger partial charge on any atom is 0.407 e. The van der Waals surface area contributed by atoms with Gasteiger partial charge in [-0.15, -0.1) is 0 Å². The van der Waals surface area contributed by atoms with Crippen molar-refractivity contribution in [2.75, 3.05) is 6.54 Å². The second-order valence-corrected chi connectivity index (χ2v) is 7.27. The van der Waals surface area contributed by atoms with E-state index < -0.39 is 11.7 Å². The van der Waals surface area contributed by atoms with Crippen molar-refractivity contribution in [3.63, 3.8) is 0 Å². The third-order valence-corrected chi connectivity index (χ3v) is 3.86. The van der Waals surface area contributed by atoms with Crippen LogP contribution in [-0.4, -0.2) is 24.0 Å². The minimum Gasteiger partial charge on any atom is -0.444 e. The summed E-state index contributed by atoms with van der Waals surface area (Å²) in [6.45, 7) is 14.6. The zero-order valence-corrected chi connectivity index (χ0v) is 16.1. The Bertz CT molecular complexity index is 872. The van der Waals surface area contributed by atoms with Gasteiger partial charge in [0.05, 0.1) is 6.57 Å². The molecule has 0 bridgehead atoms. The van der Waals surface area contributed by atoms with Crippen LogP contribution in [0.2, 0.25) is 0 Å². The minimum absolute atomic E-state index is 0.0684. The van der Waals surface area contributed by atoms with E-state index in [-0.39, 0.29) is 5.78 Å². The van der Waals surface area contributed by atoms with Gasteiger partial charge in [0.2, 0.25) is 0 Å². The number of nitrogens with one attached hydrogen (secondary N) is 1. The molecule has 2 aromatic carbocycles. The number of amides is 1. The van der Waals surface area contributed by atoms with Crippen LogP contribution < -0.4 is 5.32 Å². The van der Waals surface area contributed by atoms with Crippen LogP contribution in [-0.2, 0) is 11.2 Å². The average Bonchev–Trinajstić information content (AvgIpc) is 2.60. The lowest BCUT2D eigenvalue weighted by atomic mass is 9.96. The van der Waals surface area contributed by atoms with E-state index in [2.05, 4.69) is 10.2 Å². The summed E-state index contributed by atoms with van der Waals surface area (Å²) in [4.78, 5) is 27.0. The smallest absolute Gasteiger partial charge is 0.407 e. The van der Waals surface area contributed by atoms with Crippen LogP contribution in [0.15, 0.2) is 42.5 Å². The van der Waals surface area contributed by atoms with Crippen LogP contribution in [0.1, 0.15) is 43.6 Å². The standard InChI is InChI=1S/C22H24N2O3/c1-15(25)20-14-18(23-5)10-11-19(20)17-8-6-16(7-9-17)12-13-24-21(26)27-22(2,3)4/h6-11,14H,12-13H2,1-4H3,(H,24,26). The molecule has 0 heterocycles. The molecule has 0 radical (unpaired) electrons. The molecule has 1 N–H and O–H groups in total. The monoisotopic (exact) mass is 364 g/mol. The van der Waals surface area contributed by atoms with E-state index in [0.29, 0.717) is 24.2 Å². The maximum atomic E-state index is 11.9. The molecule has 5 heteroatoms. The van der Waals surface area contributed by atoms with E-state index in [0.717, 1.165) is 16.7 Å². The summed E-state index contributed by atoms with van der Waals surface area (Å²) in [7, 11) is 0. The summed E-state index contributed by atoms with van der Waals surface area (Å²) in [5.41, 5.74) is 3.28. The molecule has 27 heavy (non-hydrogen) atoms. The van der Waals surface area contributed by atoms with Crippen LogP contribution in [0.5, 0.6) is 0 Å². The number of ether oxygens (including phenoxy) is 1. The number of nitrogens with zero attached hydrogens (tertiary/aromatic N) is 1. The van der Waals surface area contributed by atoms with Crippen molar-refractivity contribution in [2.45, 2.75) is 39.7 Å². The molecule has 0 aliphatic rings. The predicted octanol–water partition coefficient (Wildman–Crippen LogP) is 5.17. The number of carbonyl (C=O) groups is 2. The molecule has 0 aliphatic carbocycles. The number of hydrogen-bond donors (Lipinski definition) is 1. The van der Waals surface area contributed by atoms with Crippen molar-refractivity contribution in [2.24, 2.45) is 0 Å². The fourth-order valence-electron chi connectivity index (χ4n) is 2.62. The lowest BCUT2D eigenvalue weighted by molar-refractivity contribution is 0.0528. The third kappa shape index (κ3) is 5.96. The largest absolute Gasteiger partial charge is 0.444 e. The molecule has 0 saturated carbocycles. The summed E-state index contributed by atoms with van der Waals surface area (Å²) in [6.07, 6.45) is 0.251. The lowest BCUT2D eigenvalue weighted by Crippen LogP contribution is -2.33. The molecule has 0 aliphatic heterocycles. The third-order valence-electron chi connectivity index (χ3n) is 3.86. The fourth-order valence-corrected chi connectivity index (χ4v) is 2.62. The topological polar surface area (TPSA) is 59.8 Å². The lowest BCUT2D eigenvalue weighted by Gasteiger charge is -2.19. The molecule has 5 nitrogen and oxygen atoms in total. The first-order valence-electron chi connectivity index (χ1n) is 8.78. The zero-order valence-electron chi connectivity index (χ0n) is 16.1. The molecule has 2 rings (SSSR count). The Hall–Kier alpha value is -3.13. The number of benzene rings is 2. The second kappa shape index (κ2) is 8.50. The number of carbonyl (C=O) groups excluding carboxylic acids is 2. The molecule has 0 atom stereocenters. The van der Waals surface area contributed by atoms with Gasteiger partial charge in [0.1, 0.15) is 5.60 Å². The van der Waals surface area contributed by atoms with Gasteiger partial charge in [0.25, 0.3) is 0 Å². The normalized spacial score (nSPS) is 10.8. The molecule has 0 fully saturated rings. The van der Waals surface area contributed by atoms with Crippen LogP contribution in [0.3, 0.4) is 0 Å². The van der Waals surface area contributed by atoms with E-state index in [1.54, 1.807) is 12.1 Å². The van der Waals surface area contributed by atoms with Gasteiger partial charge >= 0.3 is 6.09 Å². The Morgan fingerprint density at radius 2 is 1.78 bits per heavy atom. The maximum absolute atomic E-state index is 11.9. The van der Waals surface area contributed by atoms with Crippen LogP contribution in [0.25, 0.3) is 16.0 Å². The Labute approximate surface area is 160 Å². The Kier molecular flexibility index (Phi) is 6.36. The molecule has 1 amide bonds. The summed E-state index contributed by atoms with van der Waals surface area (Å²) >= 11 is 0. The van der Waals surface area contributed by atoms with Crippen molar-refractivity contribution >= 4 is 17.6 Å². The zero-order chi connectivity index (χ0) is 20.0. The van der Waals surface area contributed by atoms with E-state index in [1.807, 2.05) is 51.1 Å². The highest BCUT2D eigenvalue weighted by Gasteiger charge is 2.15. The summed E-state index contributed by atoms with van der Waals surface area (Å²) in [6, 6.07) is 13.0. The summed E-state index contributed by atoms with van der Waals surface area (Å²) < 4.78 is 5.20. The molecule has 2 aromatic rings. The van der Waals surface area contributed by atoms with E-state index >= 15 is 0 Å². The predicted molar refractivity (Wildman–Crippen MR) is 106 cm³/mol. The van der Waals surface area contributed by atoms with Crippen molar-refractivity contribution in [3.05, 3.63) is 65.0 Å². The van der Waals surface area contributed by atoms with Gasteiger partial charge in [-0.25, -0.2) is 9.64 Å². The van der Waals surface area contributed by atoms with Gasteiger partial charge in [-0.2, -0.15) is 0 Å². The SMILES string of the molecule is [C-]#[N+]c1ccc(-c2ccc(CCNC(=O)OC(C)(C)C)cc2)c(C(C)=O)c1. The summed E-state index contributed by atoms with van der Waals surface area (Å²) in [5.74, 6) is -0.0684. The molecule has 0 aromatic heterocycles. The first kappa shape index (κ1) is 20.2. The van der Waals surface area contributed by atoms with Gasteiger partial charge in [-0.3, -0.25) is 4.79 Å². The second-order valence-electron chi connectivity index (χ2n) is 7.27. The van der Waals surface area contributed by atoms with Crippen LogP contribution in [0.4, 0.5) is 10.5 Å². The first-order chi connectivity index (χ1) is 12.7.